The van der Waals surface area contributed by atoms with Crippen LogP contribution < -0.4 is 4.74 Å². The SMILES string of the molecule is Cc1ccc(OCc2ccc(C(C)C)cc2)c(C(=O)O)n1. The van der Waals surface area contributed by atoms with Crippen LogP contribution in [0.5, 0.6) is 5.75 Å². The summed E-state index contributed by atoms with van der Waals surface area (Å²) in [6.45, 7) is 6.36. The maximum atomic E-state index is 11.2. The molecule has 0 bridgehead atoms. The number of hydrogen-bond donors (Lipinski definition) is 1. The van der Waals surface area contributed by atoms with E-state index in [4.69, 9.17) is 9.84 Å². The zero-order valence-corrected chi connectivity index (χ0v) is 12.5. The van der Waals surface area contributed by atoms with E-state index in [-0.39, 0.29) is 5.69 Å². The van der Waals surface area contributed by atoms with Crippen LogP contribution in [0.1, 0.15) is 47.1 Å². The lowest BCUT2D eigenvalue weighted by Gasteiger charge is -2.10. The molecule has 0 radical (unpaired) electrons. The van der Waals surface area contributed by atoms with Gasteiger partial charge in [0.2, 0.25) is 0 Å². The van der Waals surface area contributed by atoms with Crippen LogP contribution in [0.4, 0.5) is 0 Å². The van der Waals surface area contributed by atoms with Gasteiger partial charge in [-0.05, 0) is 36.1 Å². The van der Waals surface area contributed by atoms with E-state index in [1.165, 1.54) is 5.56 Å². The van der Waals surface area contributed by atoms with Crippen LogP contribution in [-0.4, -0.2) is 16.1 Å². The smallest absolute Gasteiger partial charge is 0.358 e. The largest absolute Gasteiger partial charge is 0.486 e. The van der Waals surface area contributed by atoms with E-state index in [2.05, 4.69) is 31.0 Å². The van der Waals surface area contributed by atoms with Crippen molar-refractivity contribution in [3.8, 4) is 5.75 Å². The zero-order chi connectivity index (χ0) is 15.4. The van der Waals surface area contributed by atoms with Crippen LogP contribution in [0.3, 0.4) is 0 Å². The molecule has 0 spiro atoms. The Labute approximate surface area is 124 Å². The highest BCUT2D eigenvalue weighted by atomic mass is 16.5. The first-order valence-electron chi connectivity index (χ1n) is 6.90. The van der Waals surface area contributed by atoms with E-state index in [0.29, 0.717) is 24.0 Å². The Kier molecular flexibility index (Phi) is 4.58. The van der Waals surface area contributed by atoms with Crippen molar-refractivity contribution in [2.45, 2.75) is 33.3 Å². The number of aryl methyl sites for hydroxylation is 1. The standard InChI is InChI=1S/C17H19NO3/c1-11(2)14-7-5-13(6-8-14)10-21-15-9-4-12(3)18-16(15)17(19)20/h4-9,11H,10H2,1-3H3,(H,19,20). The van der Waals surface area contributed by atoms with Crippen LogP contribution in [0, 0.1) is 6.92 Å². The molecule has 0 saturated heterocycles. The van der Waals surface area contributed by atoms with Gasteiger partial charge in [0.1, 0.15) is 6.61 Å². The number of hydrogen-bond acceptors (Lipinski definition) is 3. The number of aromatic nitrogens is 1. The first-order chi connectivity index (χ1) is 9.97. The minimum absolute atomic E-state index is 0.0474. The van der Waals surface area contributed by atoms with Gasteiger partial charge in [-0.25, -0.2) is 9.78 Å². The summed E-state index contributed by atoms with van der Waals surface area (Å²) in [5.74, 6) is -0.301. The Morgan fingerprint density at radius 3 is 2.43 bits per heavy atom. The molecule has 21 heavy (non-hydrogen) atoms. The third kappa shape index (κ3) is 3.81. The van der Waals surface area contributed by atoms with Gasteiger partial charge in [-0.3, -0.25) is 0 Å². The highest BCUT2D eigenvalue weighted by Crippen LogP contribution is 2.20. The zero-order valence-electron chi connectivity index (χ0n) is 12.5. The number of carboxylic acids is 1. The fourth-order valence-electron chi connectivity index (χ4n) is 1.97. The number of aromatic carboxylic acids is 1. The Morgan fingerprint density at radius 2 is 1.86 bits per heavy atom. The van der Waals surface area contributed by atoms with Crippen molar-refractivity contribution >= 4 is 5.97 Å². The summed E-state index contributed by atoms with van der Waals surface area (Å²) < 4.78 is 5.60. The number of pyridine rings is 1. The monoisotopic (exact) mass is 285 g/mol. The van der Waals surface area contributed by atoms with Crippen LogP contribution in [0.25, 0.3) is 0 Å². The Bertz CT molecular complexity index is 633. The average Bonchev–Trinajstić information content (AvgIpc) is 2.46. The average molecular weight is 285 g/mol. The number of rotatable bonds is 5. The first-order valence-corrected chi connectivity index (χ1v) is 6.90. The molecule has 0 fully saturated rings. The number of carbonyl (C=O) groups is 1. The maximum Gasteiger partial charge on any atom is 0.358 e. The van der Waals surface area contributed by atoms with E-state index in [1.54, 1.807) is 19.1 Å². The topological polar surface area (TPSA) is 59.4 Å². The number of ether oxygens (including phenoxy) is 1. The van der Waals surface area contributed by atoms with E-state index >= 15 is 0 Å². The van der Waals surface area contributed by atoms with Crippen molar-refractivity contribution in [3.63, 3.8) is 0 Å². The molecular formula is C17H19NO3. The van der Waals surface area contributed by atoms with Crippen LogP contribution >= 0.6 is 0 Å². The molecule has 0 atom stereocenters. The lowest BCUT2D eigenvalue weighted by atomic mass is 10.0. The molecule has 2 aromatic rings. The van der Waals surface area contributed by atoms with E-state index < -0.39 is 5.97 Å². The summed E-state index contributed by atoms with van der Waals surface area (Å²) >= 11 is 0. The van der Waals surface area contributed by atoms with Gasteiger partial charge in [0.25, 0.3) is 0 Å². The van der Waals surface area contributed by atoms with Crippen LogP contribution in [0.2, 0.25) is 0 Å². The minimum atomic E-state index is -1.08. The molecule has 0 saturated carbocycles. The minimum Gasteiger partial charge on any atom is -0.486 e. The van der Waals surface area contributed by atoms with Crippen molar-refractivity contribution in [2.75, 3.05) is 0 Å². The molecule has 1 aromatic heterocycles. The fraction of sp³-hybridized carbons (Fsp3) is 0.294. The molecule has 1 heterocycles. The summed E-state index contributed by atoms with van der Waals surface area (Å²) in [4.78, 5) is 15.2. The normalized spacial score (nSPS) is 10.7. The van der Waals surface area contributed by atoms with Crippen LogP contribution in [0.15, 0.2) is 36.4 Å². The molecule has 0 aliphatic carbocycles. The number of carboxylic acid groups (broad SMARTS) is 1. The predicted octanol–water partition coefficient (Wildman–Crippen LogP) is 3.79. The van der Waals surface area contributed by atoms with Crippen molar-refractivity contribution in [3.05, 3.63) is 58.9 Å². The Hall–Kier alpha value is -2.36. The van der Waals surface area contributed by atoms with E-state index in [9.17, 15) is 4.79 Å². The molecule has 110 valence electrons. The highest BCUT2D eigenvalue weighted by Gasteiger charge is 2.13. The fourth-order valence-corrected chi connectivity index (χ4v) is 1.97. The molecule has 4 nitrogen and oxygen atoms in total. The van der Waals surface area contributed by atoms with Crippen molar-refractivity contribution in [2.24, 2.45) is 0 Å². The van der Waals surface area contributed by atoms with Gasteiger partial charge < -0.3 is 9.84 Å². The molecule has 0 aliphatic rings. The molecule has 0 unspecified atom stereocenters. The summed E-state index contributed by atoms with van der Waals surface area (Å²) in [6, 6.07) is 11.5. The quantitative estimate of drug-likeness (QED) is 0.908. The van der Waals surface area contributed by atoms with Gasteiger partial charge in [-0.15, -0.1) is 0 Å². The Balaban J connectivity index is 2.11. The van der Waals surface area contributed by atoms with Gasteiger partial charge in [-0.2, -0.15) is 0 Å². The second-order valence-corrected chi connectivity index (χ2v) is 5.29. The molecule has 1 aromatic carbocycles. The first kappa shape index (κ1) is 15.0. The van der Waals surface area contributed by atoms with Crippen molar-refractivity contribution in [1.82, 2.24) is 4.98 Å². The van der Waals surface area contributed by atoms with Gasteiger partial charge in [0.15, 0.2) is 11.4 Å². The highest BCUT2D eigenvalue weighted by molar-refractivity contribution is 5.88. The van der Waals surface area contributed by atoms with Gasteiger partial charge in [-0.1, -0.05) is 38.1 Å². The molecule has 1 N–H and O–H groups in total. The van der Waals surface area contributed by atoms with Gasteiger partial charge in [0, 0.05) is 5.69 Å². The van der Waals surface area contributed by atoms with Gasteiger partial charge in [0.05, 0.1) is 0 Å². The molecule has 2 rings (SSSR count). The number of benzene rings is 1. The Morgan fingerprint density at radius 1 is 1.19 bits per heavy atom. The van der Waals surface area contributed by atoms with E-state index in [0.717, 1.165) is 5.56 Å². The van der Waals surface area contributed by atoms with Crippen molar-refractivity contribution in [1.29, 1.82) is 0 Å². The van der Waals surface area contributed by atoms with Gasteiger partial charge >= 0.3 is 5.97 Å². The second-order valence-electron chi connectivity index (χ2n) is 5.29. The summed E-state index contributed by atoms with van der Waals surface area (Å²) in [7, 11) is 0. The molecule has 0 aliphatic heterocycles. The van der Waals surface area contributed by atoms with Crippen LogP contribution in [-0.2, 0) is 6.61 Å². The number of nitrogens with zero attached hydrogens (tertiary/aromatic N) is 1. The third-order valence-corrected chi connectivity index (χ3v) is 3.24. The summed E-state index contributed by atoms with van der Waals surface area (Å²) in [5, 5.41) is 9.14. The van der Waals surface area contributed by atoms with Crippen molar-refractivity contribution < 1.29 is 14.6 Å². The summed E-state index contributed by atoms with van der Waals surface area (Å²) in [6.07, 6.45) is 0. The lowest BCUT2D eigenvalue weighted by Crippen LogP contribution is -2.06. The molecular weight excluding hydrogens is 266 g/mol. The third-order valence-electron chi connectivity index (χ3n) is 3.24. The molecule has 0 amide bonds. The maximum absolute atomic E-state index is 11.2. The predicted molar refractivity (Wildman–Crippen MR) is 80.8 cm³/mol. The second kappa shape index (κ2) is 6.39. The lowest BCUT2D eigenvalue weighted by molar-refractivity contribution is 0.0684. The summed E-state index contributed by atoms with van der Waals surface area (Å²) in [5.41, 5.74) is 2.87. The molecule has 4 heteroatoms. The van der Waals surface area contributed by atoms with E-state index in [1.807, 2.05) is 12.1 Å².